The van der Waals surface area contributed by atoms with Crippen LogP contribution >= 0.6 is 11.8 Å². The maximum absolute atomic E-state index is 13.9. The van der Waals surface area contributed by atoms with Crippen LogP contribution in [0.5, 0.6) is 0 Å². The first-order valence-electron chi connectivity index (χ1n) is 8.52. The smallest absolute Gasteiger partial charge is 0.229 e. The van der Waals surface area contributed by atoms with Crippen molar-refractivity contribution in [2.45, 2.75) is 17.0 Å². The third-order valence-electron chi connectivity index (χ3n) is 4.49. The summed E-state index contributed by atoms with van der Waals surface area (Å²) in [6.07, 6.45) is 3.31. The Hall–Kier alpha value is -3.20. The third kappa shape index (κ3) is 3.36. The summed E-state index contributed by atoms with van der Waals surface area (Å²) in [7, 11) is 0. The minimum atomic E-state index is -0.706. The van der Waals surface area contributed by atoms with Gasteiger partial charge >= 0.3 is 0 Å². The van der Waals surface area contributed by atoms with E-state index in [1.165, 1.54) is 17.8 Å². The number of primary amides is 1. The predicted molar refractivity (Wildman–Crippen MR) is 104 cm³/mol. The molecule has 7 nitrogen and oxygen atoms in total. The number of thioether (sulfide) groups is 1. The van der Waals surface area contributed by atoms with Crippen molar-refractivity contribution in [3.8, 4) is 0 Å². The maximum Gasteiger partial charge on any atom is 0.229 e. The zero-order chi connectivity index (χ0) is 19.7. The number of nitrogens with one attached hydrogen (secondary N) is 1. The molecule has 0 bridgehead atoms. The van der Waals surface area contributed by atoms with E-state index in [0.717, 1.165) is 5.56 Å². The molecular weight excluding hydrogens is 379 g/mol. The summed E-state index contributed by atoms with van der Waals surface area (Å²) >= 11 is 1.30. The molecule has 3 heterocycles. The molecule has 0 aliphatic carbocycles. The SMILES string of the molecule is C=C1Nc2nc(SCc3ccccc3F)nn2C(c2cccnc2)C1C(N)=O. The number of pyridine rings is 1. The van der Waals surface area contributed by atoms with Gasteiger partial charge in [0.05, 0.1) is 6.04 Å². The van der Waals surface area contributed by atoms with Crippen molar-refractivity contribution >= 4 is 23.6 Å². The van der Waals surface area contributed by atoms with Gasteiger partial charge in [-0.15, -0.1) is 5.10 Å². The van der Waals surface area contributed by atoms with E-state index in [0.29, 0.717) is 28.1 Å². The lowest BCUT2D eigenvalue weighted by Gasteiger charge is -2.32. The van der Waals surface area contributed by atoms with Gasteiger partial charge in [-0.1, -0.05) is 42.6 Å². The number of hydrogen-bond acceptors (Lipinski definition) is 6. The minimum absolute atomic E-state index is 0.271. The average Bonchev–Trinajstić information content (AvgIpc) is 3.09. The molecule has 3 N–H and O–H groups in total. The van der Waals surface area contributed by atoms with Gasteiger partial charge in [0, 0.05) is 23.8 Å². The van der Waals surface area contributed by atoms with Crippen molar-refractivity contribution in [3.63, 3.8) is 0 Å². The Kier molecular flexibility index (Phi) is 4.82. The van der Waals surface area contributed by atoms with E-state index in [1.807, 2.05) is 6.07 Å². The van der Waals surface area contributed by atoms with E-state index in [-0.39, 0.29) is 5.82 Å². The van der Waals surface area contributed by atoms with Crippen LogP contribution in [0, 0.1) is 11.7 Å². The molecule has 1 aliphatic heterocycles. The molecule has 1 aromatic carbocycles. The molecule has 1 aliphatic rings. The molecule has 0 spiro atoms. The lowest BCUT2D eigenvalue weighted by molar-refractivity contribution is -0.121. The third-order valence-corrected chi connectivity index (χ3v) is 5.37. The van der Waals surface area contributed by atoms with Gasteiger partial charge in [-0.25, -0.2) is 9.07 Å². The van der Waals surface area contributed by atoms with Gasteiger partial charge in [-0.05, 0) is 23.3 Å². The van der Waals surface area contributed by atoms with Crippen LogP contribution in [0.25, 0.3) is 0 Å². The summed E-state index contributed by atoms with van der Waals surface area (Å²) in [5.41, 5.74) is 7.42. The van der Waals surface area contributed by atoms with Gasteiger partial charge < -0.3 is 11.1 Å². The fourth-order valence-corrected chi connectivity index (χ4v) is 3.98. The normalized spacial score (nSPS) is 18.4. The number of carbonyl (C=O) groups excluding carboxylic acids is 1. The number of carbonyl (C=O) groups is 1. The number of anilines is 1. The number of benzene rings is 1. The molecule has 4 rings (SSSR count). The Labute approximate surface area is 164 Å². The Morgan fingerprint density at radius 3 is 2.86 bits per heavy atom. The van der Waals surface area contributed by atoms with Gasteiger partial charge in [0.25, 0.3) is 0 Å². The highest BCUT2D eigenvalue weighted by Crippen LogP contribution is 2.38. The van der Waals surface area contributed by atoms with Crippen LogP contribution in [0.15, 0.2) is 66.2 Å². The number of nitrogens with two attached hydrogens (primary N) is 1. The van der Waals surface area contributed by atoms with Crippen molar-refractivity contribution in [1.29, 1.82) is 0 Å². The molecule has 0 saturated heterocycles. The molecule has 2 aromatic heterocycles. The lowest BCUT2D eigenvalue weighted by atomic mass is 9.89. The zero-order valence-corrected chi connectivity index (χ0v) is 15.6. The fourth-order valence-electron chi connectivity index (χ4n) is 3.17. The molecule has 9 heteroatoms. The maximum atomic E-state index is 13.9. The number of amides is 1. The van der Waals surface area contributed by atoms with Crippen LogP contribution in [0.2, 0.25) is 0 Å². The molecule has 2 atom stereocenters. The standard InChI is InChI=1S/C19H17FN6OS/c1-11-15(17(21)27)16(12-6-4-8-22-9-12)26-18(23-11)24-19(25-26)28-10-13-5-2-3-7-14(13)20/h2-9,15-16H,1,10H2,(H2,21,27)(H,23,24,25). The predicted octanol–water partition coefficient (Wildman–Crippen LogP) is 2.73. The van der Waals surface area contributed by atoms with E-state index in [4.69, 9.17) is 5.73 Å². The zero-order valence-electron chi connectivity index (χ0n) is 14.7. The first-order chi connectivity index (χ1) is 13.5. The van der Waals surface area contributed by atoms with Crippen LogP contribution in [-0.4, -0.2) is 25.7 Å². The number of rotatable bonds is 5. The van der Waals surface area contributed by atoms with Gasteiger partial charge in [0.15, 0.2) is 0 Å². The van der Waals surface area contributed by atoms with E-state index in [1.54, 1.807) is 41.3 Å². The highest BCUT2D eigenvalue weighted by Gasteiger charge is 2.39. The summed E-state index contributed by atoms with van der Waals surface area (Å²) in [5.74, 6) is -0.663. The molecule has 142 valence electrons. The van der Waals surface area contributed by atoms with Gasteiger partial charge in [-0.2, -0.15) is 4.98 Å². The largest absolute Gasteiger partial charge is 0.369 e. The van der Waals surface area contributed by atoms with Crippen LogP contribution < -0.4 is 11.1 Å². The summed E-state index contributed by atoms with van der Waals surface area (Å²) in [6, 6.07) is 9.70. The highest BCUT2D eigenvalue weighted by atomic mass is 32.2. The lowest BCUT2D eigenvalue weighted by Crippen LogP contribution is -2.40. The van der Waals surface area contributed by atoms with Crippen molar-refractivity contribution in [3.05, 3.63) is 78.0 Å². The Balaban J connectivity index is 1.68. The molecule has 3 aromatic rings. The van der Waals surface area contributed by atoms with Gasteiger partial charge in [0.2, 0.25) is 17.0 Å². The van der Waals surface area contributed by atoms with Crippen molar-refractivity contribution in [2.24, 2.45) is 11.7 Å². The van der Waals surface area contributed by atoms with E-state index in [9.17, 15) is 9.18 Å². The second-order valence-electron chi connectivity index (χ2n) is 6.30. The number of aromatic nitrogens is 4. The van der Waals surface area contributed by atoms with Gasteiger partial charge in [0.1, 0.15) is 11.7 Å². The summed E-state index contributed by atoms with van der Waals surface area (Å²) in [6.45, 7) is 3.94. The fraction of sp³-hybridized carbons (Fsp3) is 0.158. The summed E-state index contributed by atoms with van der Waals surface area (Å²) < 4.78 is 15.5. The molecular formula is C19H17FN6OS. The van der Waals surface area contributed by atoms with Crippen LogP contribution in [0.3, 0.4) is 0 Å². The van der Waals surface area contributed by atoms with Crippen molar-refractivity contribution in [1.82, 2.24) is 19.7 Å². The first kappa shape index (κ1) is 18.2. The van der Waals surface area contributed by atoms with Crippen LogP contribution in [-0.2, 0) is 10.5 Å². The minimum Gasteiger partial charge on any atom is -0.369 e. The van der Waals surface area contributed by atoms with E-state index >= 15 is 0 Å². The molecule has 1 amide bonds. The van der Waals surface area contributed by atoms with Gasteiger partial charge in [-0.3, -0.25) is 9.78 Å². The molecule has 0 fully saturated rings. The molecule has 2 unspecified atom stereocenters. The Bertz CT molecular complexity index is 1040. The average molecular weight is 396 g/mol. The first-order valence-corrected chi connectivity index (χ1v) is 9.51. The second-order valence-corrected chi connectivity index (χ2v) is 7.25. The highest BCUT2D eigenvalue weighted by molar-refractivity contribution is 7.98. The van der Waals surface area contributed by atoms with E-state index < -0.39 is 17.9 Å². The number of fused-ring (bicyclic) bond motifs is 1. The van der Waals surface area contributed by atoms with E-state index in [2.05, 4.69) is 27.0 Å². The second kappa shape index (κ2) is 7.43. The van der Waals surface area contributed by atoms with Crippen molar-refractivity contribution < 1.29 is 9.18 Å². The number of hydrogen-bond donors (Lipinski definition) is 2. The van der Waals surface area contributed by atoms with Crippen LogP contribution in [0.4, 0.5) is 10.3 Å². The molecule has 0 radical (unpaired) electrons. The number of nitrogens with zero attached hydrogens (tertiary/aromatic N) is 4. The summed E-state index contributed by atoms with van der Waals surface area (Å²) in [4.78, 5) is 20.7. The van der Waals surface area contributed by atoms with Crippen LogP contribution in [0.1, 0.15) is 17.2 Å². The van der Waals surface area contributed by atoms with Crippen molar-refractivity contribution in [2.75, 3.05) is 5.32 Å². The topological polar surface area (TPSA) is 98.7 Å². The Morgan fingerprint density at radius 2 is 2.14 bits per heavy atom. The summed E-state index contributed by atoms with van der Waals surface area (Å²) in [5, 5.41) is 7.99. The monoisotopic (exact) mass is 396 g/mol. The quantitative estimate of drug-likeness (QED) is 0.644. The molecule has 0 saturated carbocycles. The number of halogens is 1. The Morgan fingerprint density at radius 1 is 1.32 bits per heavy atom. The molecule has 28 heavy (non-hydrogen) atoms.